The average Bonchev–Trinajstić information content (AvgIpc) is 2.27. The van der Waals surface area contributed by atoms with E-state index in [4.69, 9.17) is 15.7 Å². The van der Waals surface area contributed by atoms with Crippen LogP contribution in [0.4, 0.5) is 11.4 Å². The van der Waals surface area contributed by atoms with Crippen LogP contribution in [0.15, 0.2) is 18.2 Å². The fraction of sp³-hybridized carbons (Fsp3) is 0.364. The number of nitrogens with zero attached hydrogens (tertiary/aromatic N) is 1. The van der Waals surface area contributed by atoms with Crippen LogP contribution in [0.5, 0.6) is 0 Å². The van der Waals surface area contributed by atoms with Crippen molar-refractivity contribution in [3.63, 3.8) is 0 Å². The minimum absolute atomic E-state index is 0.107. The van der Waals surface area contributed by atoms with Gasteiger partial charge in [-0.1, -0.05) is 6.07 Å². The van der Waals surface area contributed by atoms with Crippen LogP contribution in [-0.2, 0) is 4.74 Å². The lowest BCUT2D eigenvalue weighted by Crippen LogP contribution is -2.18. The summed E-state index contributed by atoms with van der Waals surface area (Å²) in [5.41, 5.74) is 7.55. The highest BCUT2D eigenvalue weighted by atomic mass is 16.5. The minimum atomic E-state index is 0.107. The van der Waals surface area contributed by atoms with Gasteiger partial charge in [0, 0.05) is 13.7 Å². The Bertz CT molecular complexity index is 371. The van der Waals surface area contributed by atoms with Crippen LogP contribution in [0.25, 0.3) is 0 Å². The second kappa shape index (κ2) is 5.23. The molecule has 0 aromatic heterocycles. The Morgan fingerprint density at radius 3 is 2.93 bits per heavy atom. The molecule has 0 aliphatic heterocycles. The molecule has 0 saturated heterocycles. The van der Waals surface area contributed by atoms with Crippen molar-refractivity contribution in [2.45, 2.75) is 13.0 Å². The fourth-order valence-electron chi connectivity index (χ4n) is 1.15. The van der Waals surface area contributed by atoms with Crippen molar-refractivity contribution in [3.05, 3.63) is 23.8 Å². The maximum absolute atomic E-state index is 8.78. The smallest absolute Gasteiger partial charge is 0.101 e. The first-order valence-electron chi connectivity index (χ1n) is 4.74. The van der Waals surface area contributed by atoms with Crippen molar-refractivity contribution >= 4 is 11.4 Å². The zero-order chi connectivity index (χ0) is 11.3. The van der Waals surface area contributed by atoms with Gasteiger partial charge in [-0.2, -0.15) is 5.26 Å². The molecule has 0 radical (unpaired) electrons. The molecule has 0 spiro atoms. The molecule has 0 fully saturated rings. The molecule has 4 nitrogen and oxygen atoms in total. The largest absolute Gasteiger partial charge is 0.396 e. The van der Waals surface area contributed by atoms with Crippen LogP contribution in [0, 0.1) is 11.3 Å². The van der Waals surface area contributed by atoms with Crippen LogP contribution in [0.3, 0.4) is 0 Å². The molecule has 0 heterocycles. The number of ether oxygens (including phenoxy) is 1. The Kier molecular flexibility index (Phi) is 3.95. The van der Waals surface area contributed by atoms with Gasteiger partial charge in [-0.25, -0.2) is 0 Å². The Balaban J connectivity index is 2.74. The predicted octanol–water partition coefficient (Wildman–Crippen LogP) is 1.59. The third-order valence-corrected chi connectivity index (χ3v) is 2.21. The molecule has 0 amide bonds. The highest BCUT2D eigenvalue weighted by Gasteiger charge is 2.05. The summed E-state index contributed by atoms with van der Waals surface area (Å²) >= 11 is 0. The van der Waals surface area contributed by atoms with Gasteiger partial charge in [-0.15, -0.1) is 0 Å². The lowest BCUT2D eigenvalue weighted by Gasteiger charge is -2.13. The van der Waals surface area contributed by atoms with E-state index >= 15 is 0 Å². The molecule has 0 saturated carbocycles. The van der Waals surface area contributed by atoms with Crippen LogP contribution >= 0.6 is 0 Å². The van der Waals surface area contributed by atoms with Gasteiger partial charge in [0.15, 0.2) is 0 Å². The summed E-state index contributed by atoms with van der Waals surface area (Å²) in [6, 6.07) is 7.38. The summed E-state index contributed by atoms with van der Waals surface area (Å²) in [5.74, 6) is 0. The van der Waals surface area contributed by atoms with Crippen molar-refractivity contribution < 1.29 is 4.74 Å². The summed E-state index contributed by atoms with van der Waals surface area (Å²) in [6.45, 7) is 2.62. The molecule has 1 aromatic rings. The zero-order valence-electron chi connectivity index (χ0n) is 8.95. The van der Waals surface area contributed by atoms with Crippen LogP contribution in [0.2, 0.25) is 0 Å². The van der Waals surface area contributed by atoms with Gasteiger partial charge in [0.2, 0.25) is 0 Å². The van der Waals surface area contributed by atoms with E-state index in [9.17, 15) is 0 Å². The Hall–Kier alpha value is -1.73. The van der Waals surface area contributed by atoms with Crippen molar-refractivity contribution in [2.24, 2.45) is 0 Å². The van der Waals surface area contributed by atoms with Gasteiger partial charge < -0.3 is 15.8 Å². The lowest BCUT2D eigenvalue weighted by atomic mass is 10.1. The Labute approximate surface area is 89.7 Å². The van der Waals surface area contributed by atoms with E-state index in [1.807, 2.05) is 19.1 Å². The van der Waals surface area contributed by atoms with Crippen molar-refractivity contribution in [1.82, 2.24) is 0 Å². The number of para-hydroxylation sites is 1. The standard InChI is InChI=1S/C11H15N3O/c1-8(15-2)7-14-10-5-3-4-9(6-12)11(10)13/h3-5,8,14H,7,13H2,1-2H3. The number of nitrogens with one attached hydrogen (secondary N) is 1. The number of nitrogens with two attached hydrogens (primary N) is 1. The summed E-state index contributed by atoms with van der Waals surface area (Å²) in [5, 5.41) is 11.9. The number of rotatable bonds is 4. The van der Waals surface area contributed by atoms with Gasteiger partial charge in [0.1, 0.15) is 6.07 Å². The molecule has 15 heavy (non-hydrogen) atoms. The summed E-state index contributed by atoms with van der Waals surface area (Å²) < 4.78 is 5.10. The summed E-state index contributed by atoms with van der Waals surface area (Å²) in [6.07, 6.45) is 0.107. The third-order valence-electron chi connectivity index (χ3n) is 2.21. The first kappa shape index (κ1) is 11.3. The highest BCUT2D eigenvalue weighted by Crippen LogP contribution is 2.21. The molecule has 0 aliphatic carbocycles. The molecule has 0 bridgehead atoms. The van der Waals surface area contributed by atoms with E-state index in [0.717, 1.165) is 5.69 Å². The van der Waals surface area contributed by atoms with Gasteiger partial charge in [0.25, 0.3) is 0 Å². The number of anilines is 2. The molecule has 3 N–H and O–H groups in total. The van der Waals surface area contributed by atoms with E-state index in [2.05, 4.69) is 5.32 Å². The van der Waals surface area contributed by atoms with Crippen molar-refractivity contribution in [3.8, 4) is 6.07 Å². The number of hydrogen-bond acceptors (Lipinski definition) is 4. The van der Waals surface area contributed by atoms with Gasteiger partial charge in [-0.05, 0) is 19.1 Å². The van der Waals surface area contributed by atoms with Crippen LogP contribution in [-0.4, -0.2) is 19.8 Å². The molecule has 1 aromatic carbocycles. The number of methoxy groups -OCH3 is 1. The average molecular weight is 205 g/mol. The first-order valence-corrected chi connectivity index (χ1v) is 4.74. The predicted molar refractivity (Wildman–Crippen MR) is 60.5 cm³/mol. The lowest BCUT2D eigenvalue weighted by molar-refractivity contribution is 0.129. The normalized spacial score (nSPS) is 11.8. The highest BCUT2D eigenvalue weighted by molar-refractivity contribution is 5.72. The van der Waals surface area contributed by atoms with Crippen LogP contribution in [0.1, 0.15) is 12.5 Å². The van der Waals surface area contributed by atoms with E-state index in [1.54, 1.807) is 19.2 Å². The maximum atomic E-state index is 8.78. The second-order valence-corrected chi connectivity index (χ2v) is 3.31. The fourth-order valence-corrected chi connectivity index (χ4v) is 1.15. The Morgan fingerprint density at radius 1 is 1.60 bits per heavy atom. The zero-order valence-corrected chi connectivity index (χ0v) is 8.95. The third kappa shape index (κ3) is 2.86. The van der Waals surface area contributed by atoms with Crippen molar-refractivity contribution in [2.75, 3.05) is 24.7 Å². The second-order valence-electron chi connectivity index (χ2n) is 3.31. The quantitative estimate of drug-likeness (QED) is 0.732. The SMILES string of the molecule is COC(C)CNc1cccc(C#N)c1N. The Morgan fingerprint density at radius 2 is 2.33 bits per heavy atom. The monoisotopic (exact) mass is 205 g/mol. The summed E-state index contributed by atoms with van der Waals surface area (Å²) in [4.78, 5) is 0. The molecule has 4 heteroatoms. The number of benzene rings is 1. The topological polar surface area (TPSA) is 71.1 Å². The minimum Gasteiger partial charge on any atom is -0.396 e. The molecular formula is C11H15N3O. The van der Waals surface area contributed by atoms with E-state index in [1.165, 1.54) is 0 Å². The number of nitrogen functional groups attached to an aromatic ring is 1. The molecule has 1 unspecified atom stereocenters. The van der Waals surface area contributed by atoms with Gasteiger partial charge >= 0.3 is 0 Å². The van der Waals surface area contributed by atoms with Crippen molar-refractivity contribution in [1.29, 1.82) is 5.26 Å². The molecular weight excluding hydrogens is 190 g/mol. The van der Waals surface area contributed by atoms with Crippen LogP contribution < -0.4 is 11.1 Å². The van der Waals surface area contributed by atoms with E-state index in [0.29, 0.717) is 17.8 Å². The van der Waals surface area contributed by atoms with Gasteiger partial charge in [0.05, 0.1) is 23.0 Å². The van der Waals surface area contributed by atoms with Gasteiger partial charge in [-0.3, -0.25) is 0 Å². The molecule has 80 valence electrons. The molecule has 1 rings (SSSR count). The van der Waals surface area contributed by atoms with E-state index in [-0.39, 0.29) is 6.10 Å². The van der Waals surface area contributed by atoms with E-state index < -0.39 is 0 Å². The molecule has 1 atom stereocenters. The maximum Gasteiger partial charge on any atom is 0.101 e. The first-order chi connectivity index (χ1) is 7.19. The molecule has 0 aliphatic rings. The number of nitriles is 1. The summed E-state index contributed by atoms with van der Waals surface area (Å²) in [7, 11) is 1.65. The number of hydrogen-bond donors (Lipinski definition) is 2.